The minimum Gasteiger partial charge on any atom is -0.494 e. The van der Waals surface area contributed by atoms with Gasteiger partial charge in [-0.2, -0.15) is 0 Å². The number of unbranched alkanes of at least 4 members (excludes halogenated alkanes) is 2. The maximum atomic E-state index is 5.91. The quantitative estimate of drug-likeness (QED) is 0.338. The van der Waals surface area contributed by atoms with E-state index in [9.17, 15) is 0 Å². The first-order valence-corrected chi connectivity index (χ1v) is 11.2. The Bertz CT molecular complexity index is 553. The zero-order chi connectivity index (χ0) is 18.2. The van der Waals surface area contributed by atoms with Crippen LogP contribution in [-0.2, 0) is 12.8 Å². The summed E-state index contributed by atoms with van der Waals surface area (Å²) in [6.45, 7) is 6.89. The number of allylic oxidation sites excluding steroid dienone is 1. The van der Waals surface area contributed by atoms with Gasteiger partial charge in [-0.1, -0.05) is 51.2 Å². The van der Waals surface area contributed by atoms with Crippen molar-refractivity contribution in [3.63, 3.8) is 0 Å². The van der Waals surface area contributed by atoms with Crippen LogP contribution < -0.4 is 4.74 Å². The Labute approximate surface area is 161 Å². The number of hydrogen-bond donors (Lipinski definition) is 0. The highest BCUT2D eigenvalue weighted by molar-refractivity contribution is 5.37. The molecule has 144 valence electrons. The van der Waals surface area contributed by atoms with Crippen molar-refractivity contribution in [2.24, 2.45) is 17.8 Å². The lowest BCUT2D eigenvalue weighted by Gasteiger charge is -2.36. The first-order chi connectivity index (χ1) is 12.8. The SMILES string of the molecule is C=CCCCOc1ccc2c(c1)CCC(C1CCC(CCCC)CC1)C2. The number of ether oxygens (including phenoxy) is 1. The van der Waals surface area contributed by atoms with Crippen LogP contribution in [0.2, 0.25) is 0 Å². The van der Waals surface area contributed by atoms with Gasteiger partial charge in [0, 0.05) is 0 Å². The summed E-state index contributed by atoms with van der Waals surface area (Å²) in [5.41, 5.74) is 3.13. The molecule has 1 aromatic rings. The molecule has 2 aliphatic carbocycles. The highest BCUT2D eigenvalue weighted by Gasteiger charge is 2.30. The van der Waals surface area contributed by atoms with Crippen molar-refractivity contribution >= 4 is 0 Å². The fourth-order valence-electron chi connectivity index (χ4n) is 5.11. The second-order valence-electron chi connectivity index (χ2n) is 8.64. The molecule has 1 atom stereocenters. The molecule has 1 saturated carbocycles. The number of rotatable bonds is 9. The summed E-state index contributed by atoms with van der Waals surface area (Å²) in [7, 11) is 0. The molecule has 26 heavy (non-hydrogen) atoms. The number of hydrogen-bond acceptors (Lipinski definition) is 1. The summed E-state index contributed by atoms with van der Waals surface area (Å²) >= 11 is 0. The fraction of sp³-hybridized carbons (Fsp3) is 0.680. The molecule has 0 aliphatic heterocycles. The van der Waals surface area contributed by atoms with Crippen molar-refractivity contribution in [1.29, 1.82) is 0 Å². The summed E-state index contributed by atoms with van der Waals surface area (Å²) in [4.78, 5) is 0. The van der Waals surface area contributed by atoms with Gasteiger partial charge >= 0.3 is 0 Å². The average Bonchev–Trinajstić information content (AvgIpc) is 2.69. The van der Waals surface area contributed by atoms with Gasteiger partial charge in [0.1, 0.15) is 5.75 Å². The summed E-state index contributed by atoms with van der Waals surface area (Å²) in [5.74, 6) is 4.00. The minimum atomic E-state index is 0.800. The van der Waals surface area contributed by atoms with Gasteiger partial charge in [-0.15, -0.1) is 6.58 Å². The Balaban J connectivity index is 1.48. The molecule has 0 radical (unpaired) electrons. The third-order valence-corrected chi connectivity index (χ3v) is 6.79. The second-order valence-corrected chi connectivity index (χ2v) is 8.64. The first kappa shape index (κ1) is 19.5. The van der Waals surface area contributed by atoms with Crippen LogP contribution in [0.25, 0.3) is 0 Å². The van der Waals surface area contributed by atoms with Crippen molar-refractivity contribution < 1.29 is 4.74 Å². The lowest BCUT2D eigenvalue weighted by Crippen LogP contribution is -2.26. The van der Waals surface area contributed by atoms with Crippen LogP contribution in [0.5, 0.6) is 5.75 Å². The largest absolute Gasteiger partial charge is 0.494 e. The van der Waals surface area contributed by atoms with Gasteiger partial charge in [0.15, 0.2) is 0 Å². The molecular weight excluding hydrogens is 316 g/mol. The highest BCUT2D eigenvalue weighted by Crippen LogP contribution is 2.41. The Morgan fingerprint density at radius 3 is 2.65 bits per heavy atom. The lowest BCUT2D eigenvalue weighted by molar-refractivity contribution is 0.183. The molecule has 1 heteroatoms. The van der Waals surface area contributed by atoms with E-state index in [0.29, 0.717) is 0 Å². The molecule has 3 rings (SSSR count). The van der Waals surface area contributed by atoms with E-state index in [-0.39, 0.29) is 0 Å². The first-order valence-electron chi connectivity index (χ1n) is 11.2. The average molecular weight is 355 g/mol. The van der Waals surface area contributed by atoms with Gasteiger partial charge in [0.05, 0.1) is 6.61 Å². The maximum Gasteiger partial charge on any atom is 0.119 e. The molecule has 0 heterocycles. The summed E-state index contributed by atoms with van der Waals surface area (Å²) in [6, 6.07) is 6.84. The van der Waals surface area contributed by atoms with E-state index in [1.54, 1.807) is 11.1 Å². The van der Waals surface area contributed by atoms with Crippen LogP contribution in [0, 0.1) is 17.8 Å². The van der Waals surface area contributed by atoms with Gasteiger partial charge in [-0.05, 0) is 86.0 Å². The molecule has 0 saturated heterocycles. The lowest BCUT2D eigenvalue weighted by atomic mass is 9.69. The summed E-state index contributed by atoms with van der Waals surface area (Å²) < 4.78 is 5.91. The van der Waals surface area contributed by atoms with E-state index in [1.807, 2.05) is 6.08 Å². The Kier molecular flexibility index (Phi) is 7.65. The smallest absolute Gasteiger partial charge is 0.119 e. The van der Waals surface area contributed by atoms with Gasteiger partial charge in [0.25, 0.3) is 0 Å². The molecule has 0 bridgehead atoms. The molecule has 1 fully saturated rings. The van der Waals surface area contributed by atoms with E-state index in [4.69, 9.17) is 4.74 Å². The van der Waals surface area contributed by atoms with E-state index >= 15 is 0 Å². The van der Waals surface area contributed by atoms with E-state index in [2.05, 4.69) is 31.7 Å². The van der Waals surface area contributed by atoms with Crippen LogP contribution in [0.15, 0.2) is 30.9 Å². The Morgan fingerprint density at radius 1 is 1.04 bits per heavy atom. The molecule has 1 unspecified atom stereocenters. The topological polar surface area (TPSA) is 9.23 Å². The molecule has 0 spiro atoms. The fourth-order valence-corrected chi connectivity index (χ4v) is 5.11. The zero-order valence-electron chi connectivity index (χ0n) is 16.8. The molecule has 1 aromatic carbocycles. The molecule has 1 nitrogen and oxygen atoms in total. The van der Waals surface area contributed by atoms with Crippen LogP contribution in [0.1, 0.15) is 82.3 Å². The predicted molar refractivity (Wildman–Crippen MR) is 112 cm³/mol. The van der Waals surface area contributed by atoms with Crippen molar-refractivity contribution in [3.8, 4) is 5.75 Å². The maximum absolute atomic E-state index is 5.91. The second kappa shape index (κ2) is 10.2. The monoisotopic (exact) mass is 354 g/mol. The standard InChI is InChI=1S/C25H38O/c1-3-5-7-17-26-25-16-15-23-18-22(13-14-24(23)19-25)21-11-9-20(10-12-21)8-6-4-2/h3,15-16,19-22H,1,4-14,17-18H2,2H3. The molecular formula is C25H38O. The van der Waals surface area contributed by atoms with Crippen LogP contribution in [-0.4, -0.2) is 6.61 Å². The summed E-state index contributed by atoms with van der Waals surface area (Å²) in [6.07, 6.45) is 18.2. The van der Waals surface area contributed by atoms with Crippen molar-refractivity contribution in [2.45, 2.75) is 84.0 Å². The van der Waals surface area contributed by atoms with Gasteiger partial charge in [-0.25, -0.2) is 0 Å². The van der Waals surface area contributed by atoms with Crippen molar-refractivity contribution in [3.05, 3.63) is 42.0 Å². The molecule has 2 aliphatic rings. The van der Waals surface area contributed by atoms with Crippen molar-refractivity contribution in [2.75, 3.05) is 6.61 Å². The molecule has 0 aromatic heterocycles. The van der Waals surface area contributed by atoms with Crippen LogP contribution in [0.4, 0.5) is 0 Å². The van der Waals surface area contributed by atoms with E-state index in [0.717, 1.165) is 43.0 Å². The highest BCUT2D eigenvalue weighted by atomic mass is 16.5. The van der Waals surface area contributed by atoms with E-state index < -0.39 is 0 Å². The van der Waals surface area contributed by atoms with Gasteiger partial charge in [-0.3, -0.25) is 0 Å². The third-order valence-electron chi connectivity index (χ3n) is 6.79. The third kappa shape index (κ3) is 5.38. The Morgan fingerprint density at radius 2 is 1.88 bits per heavy atom. The molecule has 0 amide bonds. The summed E-state index contributed by atoms with van der Waals surface area (Å²) in [5, 5.41) is 0. The van der Waals surface area contributed by atoms with Gasteiger partial charge in [0.2, 0.25) is 0 Å². The predicted octanol–water partition coefficient (Wildman–Crippen LogP) is 7.13. The number of fused-ring (bicyclic) bond motifs is 1. The number of aryl methyl sites for hydroxylation is 1. The van der Waals surface area contributed by atoms with Gasteiger partial charge < -0.3 is 4.74 Å². The van der Waals surface area contributed by atoms with Crippen LogP contribution >= 0.6 is 0 Å². The normalized spacial score (nSPS) is 25.5. The van der Waals surface area contributed by atoms with Crippen LogP contribution in [0.3, 0.4) is 0 Å². The van der Waals surface area contributed by atoms with E-state index in [1.165, 1.54) is 64.2 Å². The Hall–Kier alpha value is -1.24. The molecule has 0 N–H and O–H groups in total. The number of benzene rings is 1. The minimum absolute atomic E-state index is 0.800. The van der Waals surface area contributed by atoms with Crippen molar-refractivity contribution in [1.82, 2.24) is 0 Å². The zero-order valence-corrected chi connectivity index (χ0v) is 16.8.